The molecule has 0 radical (unpaired) electrons. The topological polar surface area (TPSA) is 72.3 Å². The lowest BCUT2D eigenvalue weighted by Crippen LogP contribution is -2.47. The maximum absolute atomic E-state index is 13.2. The van der Waals surface area contributed by atoms with Crippen molar-refractivity contribution in [3.05, 3.63) is 47.5 Å². The maximum Gasteiger partial charge on any atom is 0.242 e. The molecule has 2 aliphatic rings. The first kappa shape index (κ1) is 19.1. The lowest BCUT2D eigenvalue weighted by molar-refractivity contribution is -0.128. The Bertz CT molecular complexity index is 809. The van der Waals surface area contributed by atoms with Crippen LogP contribution in [0.5, 0.6) is 0 Å². The minimum atomic E-state index is -0.318. The average Bonchev–Trinajstić information content (AvgIpc) is 3.40. The van der Waals surface area contributed by atoms with Crippen molar-refractivity contribution in [2.75, 3.05) is 32.8 Å². The summed E-state index contributed by atoms with van der Waals surface area (Å²) in [5, 5.41) is 7.83. The molecule has 150 valence electrons. The number of nitrogens with zero attached hydrogens (tertiary/aromatic N) is 4. The molecule has 1 N–H and O–H groups in total. The van der Waals surface area contributed by atoms with Crippen molar-refractivity contribution < 1.29 is 9.53 Å². The number of pyridine rings is 1. The maximum atomic E-state index is 13.2. The van der Waals surface area contributed by atoms with Crippen LogP contribution in [0.15, 0.2) is 30.6 Å². The minimum absolute atomic E-state index is 0.0505. The number of amides is 1. The molecule has 28 heavy (non-hydrogen) atoms. The van der Waals surface area contributed by atoms with Crippen LogP contribution in [0.1, 0.15) is 35.8 Å². The van der Waals surface area contributed by atoms with Gasteiger partial charge in [0, 0.05) is 49.7 Å². The highest BCUT2D eigenvalue weighted by molar-refractivity contribution is 5.83. The van der Waals surface area contributed by atoms with Gasteiger partial charge in [0.1, 0.15) is 6.04 Å². The van der Waals surface area contributed by atoms with Gasteiger partial charge in [-0.1, -0.05) is 6.07 Å². The molecular formula is C21H29N5O2. The van der Waals surface area contributed by atoms with Crippen LogP contribution in [-0.4, -0.2) is 58.4 Å². The lowest BCUT2D eigenvalue weighted by atomic mass is 10.0. The summed E-state index contributed by atoms with van der Waals surface area (Å²) in [5.41, 5.74) is 3.28. The zero-order valence-corrected chi connectivity index (χ0v) is 16.7. The highest BCUT2D eigenvalue weighted by Crippen LogP contribution is 2.46. The standard InChI is InChI=1S/C21H29N5O2/c1-16-12-17(2)26(24-16)15-21(5-6-21)14-23-20(27)19(18-4-3-7-22-13-18)25-8-10-28-11-9-25/h3-4,7,12-13,19H,5-6,8-11,14-15H2,1-2H3,(H,23,27). The number of hydrogen-bond acceptors (Lipinski definition) is 5. The molecule has 3 heterocycles. The molecular weight excluding hydrogens is 354 g/mol. The predicted octanol–water partition coefficient (Wildman–Crippen LogP) is 1.86. The van der Waals surface area contributed by atoms with Gasteiger partial charge in [-0.25, -0.2) is 0 Å². The van der Waals surface area contributed by atoms with Crippen molar-refractivity contribution in [3.8, 4) is 0 Å². The van der Waals surface area contributed by atoms with Gasteiger partial charge in [0.25, 0.3) is 0 Å². The molecule has 1 amide bonds. The van der Waals surface area contributed by atoms with Crippen LogP contribution in [0, 0.1) is 19.3 Å². The van der Waals surface area contributed by atoms with Crippen LogP contribution in [0.4, 0.5) is 0 Å². The third-order valence-electron chi connectivity index (χ3n) is 5.84. The molecule has 0 bridgehead atoms. The Kier molecular flexibility index (Phi) is 5.46. The monoisotopic (exact) mass is 383 g/mol. The third-order valence-corrected chi connectivity index (χ3v) is 5.84. The van der Waals surface area contributed by atoms with E-state index in [1.165, 1.54) is 5.69 Å². The van der Waals surface area contributed by atoms with Gasteiger partial charge in [0.05, 0.1) is 18.9 Å². The smallest absolute Gasteiger partial charge is 0.242 e. The van der Waals surface area contributed by atoms with Crippen LogP contribution in [-0.2, 0) is 16.1 Å². The molecule has 7 heteroatoms. The highest BCUT2D eigenvalue weighted by atomic mass is 16.5. The van der Waals surface area contributed by atoms with Gasteiger partial charge < -0.3 is 10.1 Å². The number of aromatic nitrogens is 3. The molecule has 0 aromatic carbocycles. The van der Waals surface area contributed by atoms with E-state index in [9.17, 15) is 4.79 Å². The fourth-order valence-electron chi connectivity index (χ4n) is 3.99. The molecule has 2 aromatic heterocycles. The number of nitrogens with one attached hydrogen (secondary N) is 1. The summed E-state index contributed by atoms with van der Waals surface area (Å²) in [7, 11) is 0. The Morgan fingerprint density at radius 3 is 2.71 bits per heavy atom. The van der Waals surface area contributed by atoms with Crippen LogP contribution < -0.4 is 5.32 Å². The molecule has 2 fully saturated rings. The number of carbonyl (C=O) groups is 1. The Hall–Kier alpha value is -2.25. The molecule has 0 spiro atoms. The van der Waals surface area contributed by atoms with Crippen molar-refractivity contribution in [2.45, 2.75) is 39.3 Å². The Balaban J connectivity index is 1.43. The Morgan fingerprint density at radius 2 is 2.11 bits per heavy atom. The van der Waals surface area contributed by atoms with Gasteiger partial charge in [-0.2, -0.15) is 5.10 Å². The van der Waals surface area contributed by atoms with Gasteiger partial charge >= 0.3 is 0 Å². The van der Waals surface area contributed by atoms with Gasteiger partial charge in [0.15, 0.2) is 0 Å². The highest BCUT2D eigenvalue weighted by Gasteiger charge is 2.44. The summed E-state index contributed by atoms with van der Waals surface area (Å²) in [6.07, 6.45) is 5.79. The minimum Gasteiger partial charge on any atom is -0.379 e. The molecule has 1 unspecified atom stereocenters. The van der Waals surface area contributed by atoms with Crippen molar-refractivity contribution in [1.29, 1.82) is 0 Å². The number of aryl methyl sites for hydroxylation is 2. The van der Waals surface area contributed by atoms with Crippen molar-refractivity contribution >= 4 is 5.91 Å². The number of ether oxygens (including phenoxy) is 1. The second-order valence-electron chi connectivity index (χ2n) is 8.14. The van der Waals surface area contributed by atoms with Crippen LogP contribution in [0.25, 0.3) is 0 Å². The van der Waals surface area contributed by atoms with E-state index in [0.29, 0.717) is 19.8 Å². The lowest BCUT2D eigenvalue weighted by Gasteiger charge is -2.34. The van der Waals surface area contributed by atoms with Crippen LogP contribution in [0.2, 0.25) is 0 Å². The SMILES string of the molecule is Cc1cc(C)n(CC2(CNC(=O)C(c3cccnc3)N3CCOCC3)CC2)n1. The second kappa shape index (κ2) is 8.01. The summed E-state index contributed by atoms with van der Waals surface area (Å²) in [4.78, 5) is 19.6. The normalized spacial score (nSPS) is 19.9. The fourth-order valence-corrected chi connectivity index (χ4v) is 3.99. The van der Waals surface area contributed by atoms with E-state index in [1.54, 1.807) is 12.4 Å². The van der Waals surface area contributed by atoms with E-state index in [0.717, 1.165) is 43.7 Å². The third kappa shape index (κ3) is 4.25. The van der Waals surface area contributed by atoms with E-state index in [2.05, 4.69) is 38.0 Å². The summed E-state index contributed by atoms with van der Waals surface area (Å²) in [6, 6.07) is 5.66. The van der Waals surface area contributed by atoms with E-state index in [1.807, 2.05) is 19.1 Å². The first-order chi connectivity index (χ1) is 13.6. The second-order valence-corrected chi connectivity index (χ2v) is 8.14. The first-order valence-electron chi connectivity index (χ1n) is 10.1. The van der Waals surface area contributed by atoms with Gasteiger partial charge in [-0.15, -0.1) is 0 Å². The quantitative estimate of drug-likeness (QED) is 0.790. The molecule has 1 atom stereocenters. The van der Waals surface area contributed by atoms with Crippen molar-refractivity contribution in [3.63, 3.8) is 0 Å². The Morgan fingerprint density at radius 1 is 1.32 bits per heavy atom. The van der Waals surface area contributed by atoms with E-state index >= 15 is 0 Å². The molecule has 1 aliphatic heterocycles. The molecule has 1 saturated heterocycles. The number of morpholine rings is 1. The molecule has 1 aliphatic carbocycles. The number of carbonyl (C=O) groups excluding carboxylic acids is 1. The summed E-state index contributed by atoms with van der Waals surface area (Å²) >= 11 is 0. The van der Waals surface area contributed by atoms with Crippen LogP contribution >= 0.6 is 0 Å². The van der Waals surface area contributed by atoms with Gasteiger partial charge in [-0.3, -0.25) is 19.4 Å². The zero-order valence-electron chi connectivity index (χ0n) is 16.7. The molecule has 7 nitrogen and oxygen atoms in total. The van der Waals surface area contributed by atoms with Crippen LogP contribution in [0.3, 0.4) is 0 Å². The van der Waals surface area contributed by atoms with Crippen molar-refractivity contribution in [1.82, 2.24) is 25.0 Å². The fraction of sp³-hybridized carbons (Fsp3) is 0.571. The largest absolute Gasteiger partial charge is 0.379 e. The molecule has 1 saturated carbocycles. The Labute approximate surface area is 166 Å². The predicted molar refractivity (Wildman–Crippen MR) is 106 cm³/mol. The van der Waals surface area contributed by atoms with E-state index in [-0.39, 0.29) is 17.4 Å². The van der Waals surface area contributed by atoms with Gasteiger partial charge in [0.2, 0.25) is 5.91 Å². The molecule has 4 rings (SSSR count). The van der Waals surface area contributed by atoms with E-state index in [4.69, 9.17) is 4.74 Å². The first-order valence-corrected chi connectivity index (χ1v) is 10.1. The zero-order chi connectivity index (χ0) is 19.6. The summed E-state index contributed by atoms with van der Waals surface area (Å²) in [6.45, 7) is 8.48. The van der Waals surface area contributed by atoms with Crippen molar-refractivity contribution in [2.24, 2.45) is 5.41 Å². The number of hydrogen-bond donors (Lipinski definition) is 1. The summed E-state index contributed by atoms with van der Waals surface area (Å²) < 4.78 is 7.55. The van der Waals surface area contributed by atoms with Gasteiger partial charge in [-0.05, 0) is 44.4 Å². The summed E-state index contributed by atoms with van der Waals surface area (Å²) in [5.74, 6) is 0.0505. The molecule has 2 aromatic rings. The van der Waals surface area contributed by atoms with E-state index < -0.39 is 0 Å². The number of rotatable bonds is 7. The average molecular weight is 383 g/mol.